The zero-order chi connectivity index (χ0) is 11.1. The Labute approximate surface area is 87.2 Å². The Balaban J connectivity index is 2.18. The van der Waals surface area contributed by atoms with Crippen molar-refractivity contribution in [2.45, 2.75) is 6.43 Å². The van der Waals surface area contributed by atoms with Gasteiger partial charge in [-0.15, -0.1) is 0 Å². The van der Waals surface area contributed by atoms with Gasteiger partial charge in [-0.1, -0.05) is 12.1 Å². The molecule has 1 aromatic rings. The normalized spacial score (nSPS) is 10.6. The van der Waals surface area contributed by atoms with Gasteiger partial charge in [-0.2, -0.15) is 0 Å². The topological polar surface area (TPSA) is 47.3 Å². The van der Waals surface area contributed by atoms with Crippen LogP contribution in [-0.2, 0) is 4.74 Å². The third kappa shape index (κ3) is 4.60. The highest BCUT2D eigenvalue weighted by molar-refractivity contribution is 5.65. The molecule has 3 N–H and O–H groups in total. The molecule has 0 aliphatic heterocycles. The van der Waals surface area contributed by atoms with Crippen LogP contribution < -0.4 is 11.1 Å². The van der Waals surface area contributed by atoms with Crippen LogP contribution in [0.15, 0.2) is 24.3 Å². The molecule has 0 unspecified atom stereocenters. The second-order valence-corrected chi connectivity index (χ2v) is 2.98. The lowest BCUT2D eigenvalue weighted by molar-refractivity contribution is 0.0215. The highest BCUT2D eigenvalue weighted by Gasteiger charge is 2.01. The predicted molar refractivity (Wildman–Crippen MR) is 56.2 cm³/mol. The number of hydrogen-bond donors (Lipinski definition) is 2. The molecule has 1 aromatic carbocycles. The van der Waals surface area contributed by atoms with Gasteiger partial charge < -0.3 is 15.8 Å². The van der Waals surface area contributed by atoms with Gasteiger partial charge in [0.1, 0.15) is 6.61 Å². The molecule has 0 saturated carbocycles. The van der Waals surface area contributed by atoms with Crippen molar-refractivity contribution < 1.29 is 13.5 Å². The maximum absolute atomic E-state index is 11.7. The smallest absolute Gasteiger partial charge is 0.261 e. The first-order valence-corrected chi connectivity index (χ1v) is 4.64. The van der Waals surface area contributed by atoms with E-state index in [9.17, 15) is 8.78 Å². The van der Waals surface area contributed by atoms with E-state index < -0.39 is 13.0 Å². The van der Waals surface area contributed by atoms with E-state index in [4.69, 9.17) is 10.5 Å². The van der Waals surface area contributed by atoms with Crippen LogP contribution in [0, 0.1) is 0 Å². The number of para-hydroxylation sites is 2. The molecule has 3 nitrogen and oxygen atoms in total. The molecule has 0 aliphatic carbocycles. The number of alkyl halides is 2. The van der Waals surface area contributed by atoms with Gasteiger partial charge in [-0.3, -0.25) is 0 Å². The van der Waals surface area contributed by atoms with E-state index >= 15 is 0 Å². The average molecular weight is 216 g/mol. The van der Waals surface area contributed by atoms with E-state index in [1.54, 1.807) is 6.07 Å². The van der Waals surface area contributed by atoms with E-state index in [1.165, 1.54) is 0 Å². The fourth-order valence-electron chi connectivity index (χ4n) is 1.09. The monoisotopic (exact) mass is 216 g/mol. The van der Waals surface area contributed by atoms with Gasteiger partial charge in [0.25, 0.3) is 6.43 Å². The summed E-state index contributed by atoms with van der Waals surface area (Å²) in [4.78, 5) is 0. The van der Waals surface area contributed by atoms with Crippen molar-refractivity contribution >= 4 is 11.4 Å². The lowest BCUT2D eigenvalue weighted by Gasteiger charge is -2.09. The summed E-state index contributed by atoms with van der Waals surface area (Å²) in [6.45, 7) is 0.172. The van der Waals surface area contributed by atoms with Crippen LogP contribution in [0.2, 0.25) is 0 Å². The molecule has 1 rings (SSSR count). The van der Waals surface area contributed by atoms with Gasteiger partial charge in [-0.25, -0.2) is 8.78 Å². The molecule has 0 amide bonds. The summed E-state index contributed by atoms with van der Waals surface area (Å²) in [6.07, 6.45) is -2.41. The number of halogens is 2. The maximum atomic E-state index is 11.7. The highest BCUT2D eigenvalue weighted by atomic mass is 19.3. The number of ether oxygens (including phenoxy) is 1. The Kier molecular flexibility index (Phi) is 4.83. The van der Waals surface area contributed by atoms with Crippen molar-refractivity contribution in [3.05, 3.63) is 24.3 Å². The van der Waals surface area contributed by atoms with Crippen LogP contribution in [0.3, 0.4) is 0 Å². The van der Waals surface area contributed by atoms with Crippen LogP contribution in [0.1, 0.15) is 0 Å². The standard InChI is InChI=1S/C10H14F2N2O/c11-10(12)7-15-6-5-14-9-4-2-1-3-8(9)13/h1-4,10,14H,5-7,13H2. The van der Waals surface area contributed by atoms with Gasteiger partial charge in [0, 0.05) is 6.54 Å². The number of anilines is 2. The van der Waals surface area contributed by atoms with E-state index in [2.05, 4.69) is 5.32 Å². The van der Waals surface area contributed by atoms with Gasteiger partial charge in [0.2, 0.25) is 0 Å². The minimum Gasteiger partial charge on any atom is -0.397 e. The van der Waals surface area contributed by atoms with Crippen molar-refractivity contribution in [2.75, 3.05) is 30.8 Å². The minimum atomic E-state index is -2.41. The van der Waals surface area contributed by atoms with E-state index in [-0.39, 0.29) is 6.61 Å². The van der Waals surface area contributed by atoms with Crippen molar-refractivity contribution in [3.8, 4) is 0 Å². The van der Waals surface area contributed by atoms with Crippen molar-refractivity contribution in [1.29, 1.82) is 0 Å². The van der Waals surface area contributed by atoms with Gasteiger partial charge in [-0.05, 0) is 12.1 Å². The molecule has 0 spiro atoms. The van der Waals surface area contributed by atoms with E-state index in [0.29, 0.717) is 12.2 Å². The van der Waals surface area contributed by atoms with Crippen LogP contribution in [0.4, 0.5) is 20.2 Å². The molecule has 5 heteroatoms. The van der Waals surface area contributed by atoms with Crippen LogP contribution in [0.25, 0.3) is 0 Å². The zero-order valence-electron chi connectivity index (χ0n) is 8.25. The number of nitrogens with one attached hydrogen (secondary N) is 1. The summed E-state index contributed by atoms with van der Waals surface area (Å²) in [6, 6.07) is 7.26. The van der Waals surface area contributed by atoms with E-state index in [0.717, 1.165) is 5.69 Å². The van der Waals surface area contributed by atoms with Crippen LogP contribution in [-0.4, -0.2) is 26.2 Å². The molecule has 0 aliphatic rings. The third-order valence-electron chi connectivity index (χ3n) is 1.77. The molecule has 15 heavy (non-hydrogen) atoms. The first-order valence-electron chi connectivity index (χ1n) is 4.64. The zero-order valence-corrected chi connectivity index (χ0v) is 8.25. The number of benzene rings is 1. The van der Waals surface area contributed by atoms with Gasteiger partial charge in [0.05, 0.1) is 18.0 Å². The predicted octanol–water partition coefficient (Wildman–Crippen LogP) is 1.96. The lowest BCUT2D eigenvalue weighted by atomic mass is 10.3. The molecule has 0 bridgehead atoms. The van der Waals surface area contributed by atoms with Crippen LogP contribution in [0.5, 0.6) is 0 Å². The largest absolute Gasteiger partial charge is 0.397 e. The summed E-state index contributed by atoms with van der Waals surface area (Å²) >= 11 is 0. The van der Waals surface area contributed by atoms with Gasteiger partial charge >= 0.3 is 0 Å². The molecule has 0 atom stereocenters. The maximum Gasteiger partial charge on any atom is 0.261 e. The second kappa shape index (κ2) is 6.19. The quantitative estimate of drug-likeness (QED) is 0.564. The number of hydrogen-bond acceptors (Lipinski definition) is 3. The Morgan fingerprint density at radius 2 is 2.07 bits per heavy atom. The SMILES string of the molecule is Nc1ccccc1NCCOCC(F)F. The Hall–Kier alpha value is -1.36. The van der Waals surface area contributed by atoms with Crippen molar-refractivity contribution in [1.82, 2.24) is 0 Å². The fraction of sp³-hybridized carbons (Fsp3) is 0.400. The minimum absolute atomic E-state index is 0.235. The first kappa shape index (κ1) is 11.7. The summed E-state index contributed by atoms with van der Waals surface area (Å²) < 4.78 is 28.1. The third-order valence-corrected chi connectivity index (χ3v) is 1.77. The Morgan fingerprint density at radius 1 is 1.33 bits per heavy atom. The highest BCUT2D eigenvalue weighted by Crippen LogP contribution is 2.15. The molecular weight excluding hydrogens is 202 g/mol. The second-order valence-electron chi connectivity index (χ2n) is 2.98. The van der Waals surface area contributed by atoms with Gasteiger partial charge in [0.15, 0.2) is 0 Å². The molecule has 0 heterocycles. The molecule has 0 fully saturated rings. The summed E-state index contributed by atoms with van der Waals surface area (Å²) in [5.41, 5.74) is 7.08. The first-order chi connectivity index (χ1) is 7.20. The molecule has 0 aromatic heterocycles. The number of nitrogen functional groups attached to an aromatic ring is 1. The fourth-order valence-corrected chi connectivity index (χ4v) is 1.09. The summed E-state index contributed by atoms with van der Waals surface area (Å²) in [5.74, 6) is 0. The number of nitrogens with two attached hydrogens (primary N) is 1. The molecule has 84 valence electrons. The number of rotatable bonds is 6. The molecular formula is C10H14F2N2O. The average Bonchev–Trinajstić information content (AvgIpc) is 2.20. The van der Waals surface area contributed by atoms with Crippen molar-refractivity contribution in [3.63, 3.8) is 0 Å². The summed E-state index contributed by atoms with van der Waals surface area (Å²) in [7, 11) is 0. The molecule has 0 saturated heterocycles. The van der Waals surface area contributed by atoms with Crippen LogP contribution >= 0.6 is 0 Å². The Morgan fingerprint density at radius 3 is 2.73 bits per heavy atom. The van der Waals surface area contributed by atoms with Crippen molar-refractivity contribution in [2.24, 2.45) is 0 Å². The summed E-state index contributed by atoms with van der Waals surface area (Å²) in [5, 5.41) is 2.99. The molecule has 0 radical (unpaired) electrons. The lowest BCUT2D eigenvalue weighted by Crippen LogP contribution is -2.13. The Bertz CT molecular complexity index is 295. The van der Waals surface area contributed by atoms with E-state index in [1.807, 2.05) is 18.2 Å².